The molecule has 0 spiro atoms. The first kappa shape index (κ1) is 23.3. The third-order valence-corrected chi connectivity index (χ3v) is 6.09. The first-order valence-electron chi connectivity index (χ1n) is 11.3. The Morgan fingerprint density at radius 1 is 1.03 bits per heavy atom. The number of fused-ring (bicyclic) bond motifs is 1. The molecule has 2 heterocycles. The number of aromatic nitrogens is 3. The van der Waals surface area contributed by atoms with Crippen molar-refractivity contribution in [3.8, 4) is 22.8 Å². The molecule has 0 aliphatic heterocycles. The van der Waals surface area contributed by atoms with Gasteiger partial charge in [0.1, 0.15) is 11.5 Å². The molecule has 4 aromatic rings. The van der Waals surface area contributed by atoms with Gasteiger partial charge in [0.25, 0.3) is 0 Å². The number of aryl methyl sites for hydroxylation is 2. The van der Waals surface area contributed by atoms with Gasteiger partial charge in [0.2, 0.25) is 5.91 Å². The predicted octanol–water partition coefficient (Wildman–Crippen LogP) is 4.84. The number of benzene rings is 2. The number of hydrogen-bond donors (Lipinski definition) is 1. The molecule has 1 atom stereocenters. The first-order valence-corrected chi connectivity index (χ1v) is 11.3. The molecule has 0 bridgehead atoms. The summed E-state index contributed by atoms with van der Waals surface area (Å²) in [7, 11) is 3.25. The lowest BCUT2D eigenvalue weighted by molar-refractivity contribution is -0.121. The fourth-order valence-corrected chi connectivity index (χ4v) is 4.16. The zero-order valence-electron chi connectivity index (χ0n) is 20.3. The van der Waals surface area contributed by atoms with Crippen LogP contribution in [0.25, 0.3) is 16.9 Å². The SMILES string of the molecule is COc1cc(OC)cc(-c2cc3nc(C)c(CCC(=O)NC(C)c4ccccc4)c(C)n3n2)c1. The molecule has 0 fully saturated rings. The second-order valence-electron chi connectivity index (χ2n) is 8.36. The van der Waals surface area contributed by atoms with Gasteiger partial charge in [-0.3, -0.25) is 4.79 Å². The molecule has 1 amide bonds. The summed E-state index contributed by atoms with van der Waals surface area (Å²) in [6.45, 7) is 5.99. The van der Waals surface area contributed by atoms with Gasteiger partial charge >= 0.3 is 0 Å². The van der Waals surface area contributed by atoms with Crippen LogP contribution in [0, 0.1) is 13.8 Å². The second kappa shape index (κ2) is 9.95. The van der Waals surface area contributed by atoms with Gasteiger partial charge in [-0.2, -0.15) is 5.10 Å². The van der Waals surface area contributed by atoms with E-state index in [4.69, 9.17) is 19.6 Å². The number of rotatable bonds is 8. The molecule has 34 heavy (non-hydrogen) atoms. The van der Waals surface area contributed by atoms with Crippen molar-refractivity contribution in [2.45, 2.75) is 39.7 Å². The quantitative estimate of drug-likeness (QED) is 0.409. The van der Waals surface area contributed by atoms with Crippen molar-refractivity contribution in [2.24, 2.45) is 0 Å². The Hall–Kier alpha value is -3.87. The van der Waals surface area contributed by atoms with Crippen LogP contribution in [-0.4, -0.2) is 34.7 Å². The van der Waals surface area contributed by atoms with E-state index in [-0.39, 0.29) is 11.9 Å². The summed E-state index contributed by atoms with van der Waals surface area (Å²) in [6.07, 6.45) is 0.976. The molecule has 7 heteroatoms. The molecule has 1 unspecified atom stereocenters. The molecule has 0 radical (unpaired) electrons. The highest BCUT2D eigenvalue weighted by atomic mass is 16.5. The monoisotopic (exact) mass is 458 g/mol. The maximum atomic E-state index is 12.6. The van der Waals surface area contributed by atoms with Crippen LogP contribution in [0.5, 0.6) is 11.5 Å². The molecule has 0 saturated carbocycles. The average Bonchev–Trinajstić information content (AvgIpc) is 3.28. The first-order chi connectivity index (χ1) is 16.4. The Balaban J connectivity index is 1.55. The molecule has 1 N–H and O–H groups in total. The van der Waals surface area contributed by atoms with Gasteiger partial charge in [-0.15, -0.1) is 0 Å². The zero-order valence-corrected chi connectivity index (χ0v) is 20.3. The fourth-order valence-electron chi connectivity index (χ4n) is 4.16. The highest BCUT2D eigenvalue weighted by molar-refractivity contribution is 5.76. The van der Waals surface area contributed by atoms with Crippen molar-refractivity contribution in [1.29, 1.82) is 0 Å². The zero-order chi connectivity index (χ0) is 24.2. The second-order valence-corrected chi connectivity index (χ2v) is 8.36. The Kier molecular flexibility index (Phi) is 6.82. The van der Waals surface area contributed by atoms with E-state index in [2.05, 4.69) is 5.32 Å². The van der Waals surface area contributed by atoms with E-state index in [0.717, 1.165) is 39.4 Å². The van der Waals surface area contributed by atoms with Crippen LogP contribution in [0.1, 0.15) is 41.9 Å². The largest absolute Gasteiger partial charge is 0.497 e. The van der Waals surface area contributed by atoms with Crippen molar-refractivity contribution in [3.63, 3.8) is 0 Å². The number of methoxy groups -OCH3 is 2. The van der Waals surface area contributed by atoms with Gasteiger partial charge in [0.15, 0.2) is 5.65 Å². The Bertz CT molecular complexity index is 1290. The van der Waals surface area contributed by atoms with Crippen LogP contribution in [0.4, 0.5) is 0 Å². The van der Waals surface area contributed by atoms with Crippen molar-refractivity contribution < 1.29 is 14.3 Å². The Labute approximate surface area is 199 Å². The lowest BCUT2D eigenvalue weighted by atomic mass is 10.1. The van der Waals surface area contributed by atoms with Gasteiger partial charge in [0.05, 0.1) is 26.0 Å². The number of amides is 1. The van der Waals surface area contributed by atoms with Crippen LogP contribution >= 0.6 is 0 Å². The number of ether oxygens (including phenoxy) is 2. The molecule has 2 aromatic heterocycles. The topological polar surface area (TPSA) is 77.8 Å². The van der Waals surface area contributed by atoms with Crippen LogP contribution in [0.2, 0.25) is 0 Å². The summed E-state index contributed by atoms with van der Waals surface area (Å²) in [6, 6.07) is 17.5. The van der Waals surface area contributed by atoms with Crippen molar-refractivity contribution in [1.82, 2.24) is 19.9 Å². The van der Waals surface area contributed by atoms with Crippen molar-refractivity contribution in [3.05, 3.63) is 77.1 Å². The molecular weight excluding hydrogens is 428 g/mol. The summed E-state index contributed by atoms with van der Waals surface area (Å²) >= 11 is 0. The minimum atomic E-state index is -0.0370. The molecule has 4 rings (SSSR count). The smallest absolute Gasteiger partial charge is 0.220 e. The van der Waals surface area contributed by atoms with Gasteiger partial charge < -0.3 is 14.8 Å². The normalized spacial score (nSPS) is 11.9. The van der Waals surface area contributed by atoms with Crippen molar-refractivity contribution in [2.75, 3.05) is 14.2 Å². The van der Waals surface area contributed by atoms with Crippen LogP contribution in [0.15, 0.2) is 54.6 Å². The fraction of sp³-hybridized carbons (Fsp3) is 0.296. The number of nitrogens with one attached hydrogen (secondary N) is 1. The Morgan fingerprint density at radius 3 is 2.35 bits per heavy atom. The highest BCUT2D eigenvalue weighted by Crippen LogP contribution is 2.30. The van der Waals surface area contributed by atoms with Gasteiger partial charge in [0, 0.05) is 35.5 Å². The molecule has 0 saturated heterocycles. The maximum Gasteiger partial charge on any atom is 0.220 e. The molecule has 0 aliphatic rings. The minimum Gasteiger partial charge on any atom is -0.497 e. The van der Waals surface area contributed by atoms with E-state index in [1.807, 2.05) is 79.9 Å². The molecule has 2 aromatic carbocycles. The maximum absolute atomic E-state index is 12.6. The summed E-state index contributed by atoms with van der Waals surface area (Å²) in [4.78, 5) is 17.4. The van der Waals surface area contributed by atoms with E-state index in [0.29, 0.717) is 24.3 Å². The van der Waals surface area contributed by atoms with E-state index in [9.17, 15) is 4.79 Å². The number of nitrogens with zero attached hydrogens (tertiary/aromatic N) is 3. The van der Waals surface area contributed by atoms with Gasteiger partial charge in [-0.1, -0.05) is 30.3 Å². The Morgan fingerprint density at radius 2 is 1.71 bits per heavy atom. The van der Waals surface area contributed by atoms with Crippen molar-refractivity contribution >= 4 is 11.6 Å². The molecule has 7 nitrogen and oxygen atoms in total. The summed E-state index contributed by atoms with van der Waals surface area (Å²) in [5, 5.41) is 7.88. The molecule has 176 valence electrons. The number of hydrogen-bond acceptors (Lipinski definition) is 5. The van der Waals surface area contributed by atoms with E-state index in [1.54, 1.807) is 14.2 Å². The van der Waals surface area contributed by atoms with Gasteiger partial charge in [-0.25, -0.2) is 9.50 Å². The summed E-state index contributed by atoms with van der Waals surface area (Å²) in [5.74, 6) is 1.41. The molecule has 0 aliphatic carbocycles. The summed E-state index contributed by atoms with van der Waals surface area (Å²) in [5.41, 5.74) is 6.43. The van der Waals surface area contributed by atoms with Crippen LogP contribution in [0.3, 0.4) is 0 Å². The van der Waals surface area contributed by atoms with Gasteiger partial charge in [-0.05, 0) is 50.5 Å². The highest BCUT2D eigenvalue weighted by Gasteiger charge is 2.16. The van der Waals surface area contributed by atoms with Crippen LogP contribution < -0.4 is 14.8 Å². The van der Waals surface area contributed by atoms with E-state index < -0.39 is 0 Å². The number of carbonyl (C=O) groups excluding carboxylic acids is 1. The average molecular weight is 459 g/mol. The molecular formula is C27H30N4O3. The lowest BCUT2D eigenvalue weighted by Crippen LogP contribution is -2.27. The van der Waals surface area contributed by atoms with E-state index in [1.165, 1.54) is 0 Å². The minimum absolute atomic E-state index is 0.0138. The van der Waals surface area contributed by atoms with Crippen LogP contribution in [-0.2, 0) is 11.2 Å². The standard InChI is InChI=1S/C27H30N4O3/c1-17(20-9-7-6-8-10-20)29-27(32)12-11-24-18(2)28-26-16-25(30-31(26)19(24)3)21-13-22(33-4)15-23(14-21)34-5/h6-10,13-17H,11-12H2,1-5H3,(H,29,32). The summed E-state index contributed by atoms with van der Waals surface area (Å²) < 4.78 is 12.6. The number of carbonyl (C=O) groups is 1. The lowest BCUT2D eigenvalue weighted by Gasteiger charge is -2.15. The third-order valence-electron chi connectivity index (χ3n) is 6.09. The third kappa shape index (κ3) is 4.88. The predicted molar refractivity (Wildman–Crippen MR) is 132 cm³/mol. The van der Waals surface area contributed by atoms with E-state index >= 15 is 0 Å².